The van der Waals surface area contributed by atoms with Gasteiger partial charge in [0.05, 0.1) is 12.1 Å². The highest BCUT2D eigenvalue weighted by molar-refractivity contribution is 9.10. The minimum Gasteiger partial charge on any atom is -0.377 e. The molecule has 0 aliphatic heterocycles. The zero-order chi connectivity index (χ0) is 14.4. The average molecular weight is 333 g/mol. The highest BCUT2D eigenvalue weighted by atomic mass is 79.9. The number of hydrogen-bond donors (Lipinski definition) is 2. The van der Waals surface area contributed by atoms with Crippen LogP contribution in [-0.2, 0) is 11.2 Å². The number of nitrogens with two attached hydrogens (primary N) is 1. The molecule has 3 N–H and O–H groups in total. The van der Waals surface area contributed by atoms with E-state index in [-0.39, 0.29) is 18.0 Å². The van der Waals surface area contributed by atoms with Gasteiger partial charge in [-0.2, -0.15) is 0 Å². The summed E-state index contributed by atoms with van der Waals surface area (Å²) >= 11 is 3.25. The lowest BCUT2D eigenvalue weighted by atomic mass is 9.94. The molecule has 0 aliphatic carbocycles. The second kappa shape index (κ2) is 7.94. The van der Waals surface area contributed by atoms with Crippen LogP contribution in [-0.4, -0.2) is 18.8 Å². The molecule has 1 aromatic carbocycles. The molecule has 1 aromatic rings. The van der Waals surface area contributed by atoms with Crippen molar-refractivity contribution >= 4 is 15.9 Å². The van der Waals surface area contributed by atoms with E-state index in [1.165, 1.54) is 6.07 Å². The molecular formula is C14H22BrFN2O. The highest BCUT2D eigenvalue weighted by Crippen LogP contribution is 2.20. The Kier molecular flexibility index (Phi) is 6.93. The predicted octanol–water partition coefficient (Wildman–Crippen LogP) is 3.02. The quantitative estimate of drug-likeness (QED) is 0.596. The highest BCUT2D eigenvalue weighted by Gasteiger charge is 2.25. The molecule has 0 radical (unpaired) electrons. The molecule has 0 aromatic heterocycles. The van der Waals surface area contributed by atoms with Crippen molar-refractivity contribution in [3.63, 3.8) is 0 Å². The van der Waals surface area contributed by atoms with Gasteiger partial charge in [-0.25, -0.2) is 4.39 Å². The van der Waals surface area contributed by atoms with Crippen LogP contribution < -0.4 is 11.3 Å². The summed E-state index contributed by atoms with van der Waals surface area (Å²) in [5.41, 5.74) is 3.39. The summed E-state index contributed by atoms with van der Waals surface area (Å²) < 4.78 is 20.3. The van der Waals surface area contributed by atoms with Crippen LogP contribution >= 0.6 is 15.9 Å². The number of rotatable bonds is 7. The fourth-order valence-corrected chi connectivity index (χ4v) is 2.49. The maximum absolute atomic E-state index is 13.9. The molecule has 2 atom stereocenters. The van der Waals surface area contributed by atoms with E-state index in [9.17, 15) is 4.39 Å². The molecule has 0 saturated carbocycles. The fourth-order valence-electron chi connectivity index (χ4n) is 2.16. The number of hydrogen-bond acceptors (Lipinski definition) is 3. The van der Waals surface area contributed by atoms with Crippen LogP contribution in [0.2, 0.25) is 0 Å². The first-order valence-corrected chi connectivity index (χ1v) is 7.30. The van der Waals surface area contributed by atoms with Crippen molar-refractivity contribution in [2.45, 2.75) is 39.3 Å². The molecule has 0 heterocycles. The molecule has 0 bridgehead atoms. The van der Waals surface area contributed by atoms with Crippen molar-refractivity contribution in [1.29, 1.82) is 0 Å². The number of benzene rings is 1. The van der Waals surface area contributed by atoms with E-state index in [4.69, 9.17) is 10.6 Å². The van der Waals surface area contributed by atoms with Crippen LogP contribution in [0.4, 0.5) is 4.39 Å². The summed E-state index contributed by atoms with van der Waals surface area (Å²) in [4.78, 5) is 0. The SMILES string of the molecule is CCOC(C(C)C)C(Cc1ccc(Br)cc1F)NN. The lowest BCUT2D eigenvalue weighted by molar-refractivity contribution is 0.00339. The Labute approximate surface area is 122 Å². The van der Waals surface area contributed by atoms with Crippen LogP contribution in [0.5, 0.6) is 0 Å². The van der Waals surface area contributed by atoms with Gasteiger partial charge in [0.1, 0.15) is 5.82 Å². The van der Waals surface area contributed by atoms with Gasteiger partial charge in [-0.15, -0.1) is 0 Å². The summed E-state index contributed by atoms with van der Waals surface area (Å²) in [6.07, 6.45) is 0.455. The predicted molar refractivity (Wildman–Crippen MR) is 79.2 cm³/mol. The molecular weight excluding hydrogens is 311 g/mol. The molecule has 0 spiro atoms. The van der Waals surface area contributed by atoms with Gasteiger partial charge in [0.25, 0.3) is 0 Å². The molecule has 1 rings (SSSR count). The summed E-state index contributed by atoms with van der Waals surface area (Å²) in [5, 5.41) is 0. The molecule has 0 fully saturated rings. The van der Waals surface area contributed by atoms with Gasteiger partial charge in [0.2, 0.25) is 0 Å². The van der Waals surface area contributed by atoms with Gasteiger partial charge in [-0.1, -0.05) is 35.8 Å². The first-order chi connectivity index (χ1) is 8.99. The van der Waals surface area contributed by atoms with Gasteiger partial charge in [0, 0.05) is 11.1 Å². The zero-order valence-electron chi connectivity index (χ0n) is 11.6. The third-order valence-electron chi connectivity index (χ3n) is 3.08. The topological polar surface area (TPSA) is 47.3 Å². The number of hydrazine groups is 1. The third kappa shape index (κ3) is 4.84. The Morgan fingerprint density at radius 3 is 2.58 bits per heavy atom. The van der Waals surface area contributed by atoms with Crippen LogP contribution in [0.3, 0.4) is 0 Å². The third-order valence-corrected chi connectivity index (χ3v) is 3.58. The maximum atomic E-state index is 13.9. The van der Waals surface area contributed by atoms with Crippen molar-refractivity contribution in [2.75, 3.05) is 6.61 Å². The lowest BCUT2D eigenvalue weighted by Gasteiger charge is -2.29. The van der Waals surface area contributed by atoms with E-state index in [1.807, 2.05) is 13.0 Å². The van der Waals surface area contributed by atoms with Crippen molar-refractivity contribution in [3.8, 4) is 0 Å². The average Bonchev–Trinajstić information content (AvgIpc) is 2.35. The maximum Gasteiger partial charge on any atom is 0.127 e. The Balaban J connectivity index is 2.85. The van der Waals surface area contributed by atoms with Crippen LogP contribution in [0, 0.1) is 11.7 Å². The summed E-state index contributed by atoms with van der Waals surface area (Å²) in [7, 11) is 0. The van der Waals surface area contributed by atoms with E-state index >= 15 is 0 Å². The largest absolute Gasteiger partial charge is 0.377 e. The summed E-state index contributed by atoms with van der Waals surface area (Å²) in [6, 6.07) is 4.95. The second-order valence-corrected chi connectivity index (χ2v) is 5.79. The van der Waals surface area contributed by atoms with Gasteiger partial charge < -0.3 is 4.74 Å². The van der Waals surface area contributed by atoms with Crippen molar-refractivity contribution in [1.82, 2.24) is 5.43 Å². The van der Waals surface area contributed by atoms with Crippen LogP contribution in [0.15, 0.2) is 22.7 Å². The zero-order valence-corrected chi connectivity index (χ0v) is 13.2. The van der Waals surface area contributed by atoms with Gasteiger partial charge in [0.15, 0.2) is 0 Å². The van der Waals surface area contributed by atoms with Gasteiger partial charge in [-0.3, -0.25) is 11.3 Å². The number of nitrogens with one attached hydrogen (secondary N) is 1. The monoisotopic (exact) mass is 332 g/mol. The van der Waals surface area contributed by atoms with Gasteiger partial charge in [-0.05, 0) is 37.0 Å². The Morgan fingerprint density at radius 1 is 1.42 bits per heavy atom. The molecule has 0 amide bonds. The number of ether oxygens (including phenoxy) is 1. The normalized spacial score (nSPS) is 14.7. The van der Waals surface area contributed by atoms with E-state index in [2.05, 4.69) is 35.2 Å². The molecule has 0 aliphatic rings. The summed E-state index contributed by atoms with van der Waals surface area (Å²) in [6.45, 7) is 6.71. The van der Waals surface area contributed by atoms with E-state index in [0.29, 0.717) is 24.5 Å². The number of halogens is 2. The second-order valence-electron chi connectivity index (χ2n) is 4.88. The van der Waals surface area contributed by atoms with Gasteiger partial charge >= 0.3 is 0 Å². The molecule has 3 nitrogen and oxygen atoms in total. The summed E-state index contributed by atoms with van der Waals surface area (Å²) in [5.74, 6) is 5.68. The minimum atomic E-state index is -0.228. The first kappa shape index (κ1) is 16.6. The van der Waals surface area contributed by atoms with Crippen molar-refractivity contribution in [2.24, 2.45) is 11.8 Å². The minimum absolute atomic E-state index is 0.0435. The molecule has 108 valence electrons. The van der Waals surface area contributed by atoms with E-state index < -0.39 is 0 Å². The molecule has 5 heteroatoms. The smallest absolute Gasteiger partial charge is 0.127 e. The Bertz CT molecular complexity index is 401. The molecule has 2 unspecified atom stereocenters. The van der Waals surface area contributed by atoms with Crippen molar-refractivity contribution in [3.05, 3.63) is 34.1 Å². The standard InChI is InChI=1S/C14H22BrFN2O/c1-4-19-14(9(2)3)13(18-17)7-10-5-6-11(15)8-12(10)16/h5-6,8-9,13-14,18H,4,7,17H2,1-3H3. The Morgan fingerprint density at radius 2 is 2.11 bits per heavy atom. The molecule has 19 heavy (non-hydrogen) atoms. The fraction of sp³-hybridized carbons (Fsp3) is 0.571. The lowest BCUT2D eigenvalue weighted by Crippen LogP contribution is -2.49. The van der Waals surface area contributed by atoms with Crippen LogP contribution in [0.25, 0.3) is 0 Å². The van der Waals surface area contributed by atoms with Crippen molar-refractivity contribution < 1.29 is 9.13 Å². The van der Waals surface area contributed by atoms with Crippen LogP contribution in [0.1, 0.15) is 26.3 Å². The Hall–Kier alpha value is -0.490. The van der Waals surface area contributed by atoms with E-state index in [0.717, 1.165) is 4.47 Å². The van der Waals surface area contributed by atoms with E-state index in [1.54, 1.807) is 6.07 Å². The first-order valence-electron chi connectivity index (χ1n) is 6.51. The molecule has 0 saturated heterocycles.